The van der Waals surface area contributed by atoms with E-state index in [1.54, 1.807) is 0 Å². The molecule has 13 rings (SSSR count). The van der Waals surface area contributed by atoms with Gasteiger partial charge in [-0.1, -0.05) is 178 Å². The lowest BCUT2D eigenvalue weighted by Gasteiger charge is -2.46. The van der Waals surface area contributed by atoms with E-state index in [0.717, 1.165) is 23.5 Å². The molecule has 412 valence electrons. The topological polar surface area (TPSA) is 9.72 Å². The van der Waals surface area contributed by atoms with Gasteiger partial charge in [0.25, 0.3) is 6.71 Å². The van der Waals surface area contributed by atoms with Gasteiger partial charge in [0.2, 0.25) is 0 Å². The van der Waals surface area contributed by atoms with Crippen molar-refractivity contribution < 1.29 is 0 Å². The standard InChI is InChI=1S/C76H84BN3S/c1-46-37-65-69-66(38-46)80(54-28-32-56-55-31-23-49(72(8,9)10)39-67(55)81-68(56)42-54)63-41-53(78(50-24-19-47(20-25-50)70(2,3)4)51-26-21-48(22-27-51)71(5,6)7)30-34-61(63)77(69)62-43-59-60(76(17,18)45-75(59,15)16)44-64(62)79(65)52-29-33-57-58(40-52)74(13,14)36-35-73(57,11)12/h19-34,37-44H,35-36,45H2,1-18H3. The summed E-state index contributed by atoms with van der Waals surface area (Å²) >= 11 is 1.93. The maximum atomic E-state index is 2.70. The molecule has 1 aromatic heterocycles. The first-order valence-electron chi connectivity index (χ1n) is 30.1. The molecule has 0 atom stereocenters. The molecule has 4 aliphatic rings. The highest BCUT2D eigenvalue weighted by molar-refractivity contribution is 7.25. The number of hydrogen-bond donors (Lipinski definition) is 0. The molecule has 0 spiro atoms. The van der Waals surface area contributed by atoms with E-state index in [0.29, 0.717) is 0 Å². The Morgan fingerprint density at radius 3 is 1.43 bits per heavy atom. The minimum absolute atomic E-state index is 0.0166. The number of rotatable bonds is 5. The summed E-state index contributed by atoms with van der Waals surface area (Å²) in [6.07, 6.45) is 3.47. The van der Waals surface area contributed by atoms with Gasteiger partial charge in [0.05, 0.1) is 0 Å². The molecule has 0 unspecified atom stereocenters. The van der Waals surface area contributed by atoms with Crippen LogP contribution in [0.5, 0.6) is 0 Å². The average Bonchev–Trinajstić information content (AvgIpc) is 2.83. The van der Waals surface area contributed by atoms with E-state index in [1.165, 1.54) is 128 Å². The Morgan fingerprint density at radius 1 is 0.407 bits per heavy atom. The molecule has 0 N–H and O–H groups in total. The molecule has 81 heavy (non-hydrogen) atoms. The summed E-state index contributed by atoms with van der Waals surface area (Å²) in [4.78, 5) is 7.84. The molecule has 5 heteroatoms. The zero-order chi connectivity index (χ0) is 57.5. The lowest BCUT2D eigenvalue weighted by atomic mass is 9.33. The van der Waals surface area contributed by atoms with E-state index in [-0.39, 0.29) is 44.6 Å². The molecule has 3 heterocycles. The van der Waals surface area contributed by atoms with Crippen molar-refractivity contribution in [3.05, 3.63) is 190 Å². The van der Waals surface area contributed by atoms with Gasteiger partial charge in [-0.15, -0.1) is 11.3 Å². The zero-order valence-corrected chi connectivity index (χ0v) is 52.6. The summed E-state index contributed by atoms with van der Waals surface area (Å²) in [5.41, 5.74) is 26.6. The monoisotopic (exact) mass is 1080 g/mol. The first-order valence-corrected chi connectivity index (χ1v) is 30.9. The van der Waals surface area contributed by atoms with E-state index in [9.17, 15) is 0 Å². The molecule has 2 aliphatic carbocycles. The molecule has 0 bridgehead atoms. The van der Waals surface area contributed by atoms with E-state index >= 15 is 0 Å². The van der Waals surface area contributed by atoms with Crippen molar-refractivity contribution >= 4 is 106 Å². The van der Waals surface area contributed by atoms with Gasteiger partial charge in [-0.25, -0.2) is 0 Å². The molecule has 8 aromatic carbocycles. The second kappa shape index (κ2) is 17.7. The summed E-state index contributed by atoms with van der Waals surface area (Å²) in [7, 11) is 0. The maximum absolute atomic E-state index is 2.70. The van der Waals surface area contributed by atoms with Crippen LogP contribution < -0.4 is 31.1 Å². The third-order valence-corrected chi connectivity index (χ3v) is 20.7. The van der Waals surface area contributed by atoms with Crippen molar-refractivity contribution in [3.63, 3.8) is 0 Å². The SMILES string of the molecule is Cc1cc2c3c(c1)N(c1ccc4c(c1)C(C)(C)CCC4(C)C)c1cc4c(cc1B3c1ccc(N(c3ccc(C(C)(C)C)cc3)c3ccc(C(C)(C)C)cc3)cc1N2c1ccc2c(c1)sc1cc(C(C)(C)C)ccc12)C(C)(C)CC4(C)C. The van der Waals surface area contributed by atoms with Crippen LogP contribution in [-0.4, -0.2) is 6.71 Å². The van der Waals surface area contributed by atoms with E-state index in [2.05, 4.69) is 285 Å². The highest BCUT2D eigenvalue weighted by atomic mass is 32.1. The van der Waals surface area contributed by atoms with Gasteiger partial charge in [-0.2, -0.15) is 0 Å². The molecule has 3 nitrogen and oxygen atoms in total. The van der Waals surface area contributed by atoms with Gasteiger partial charge in [-0.3, -0.25) is 0 Å². The quantitative estimate of drug-likeness (QED) is 0.159. The first-order chi connectivity index (χ1) is 37.9. The molecule has 9 aromatic rings. The molecule has 0 saturated carbocycles. The van der Waals surface area contributed by atoms with E-state index in [4.69, 9.17) is 0 Å². The maximum Gasteiger partial charge on any atom is 0.252 e. The number of nitrogens with zero attached hydrogens (tertiary/aromatic N) is 3. The fourth-order valence-corrected chi connectivity index (χ4v) is 16.2. The van der Waals surface area contributed by atoms with Crippen molar-refractivity contribution in [1.29, 1.82) is 0 Å². The second-order valence-corrected chi connectivity index (χ2v) is 31.7. The van der Waals surface area contributed by atoms with Gasteiger partial charge < -0.3 is 14.7 Å². The van der Waals surface area contributed by atoms with Crippen molar-refractivity contribution in [2.45, 2.75) is 182 Å². The van der Waals surface area contributed by atoms with Crippen LogP contribution >= 0.6 is 11.3 Å². The van der Waals surface area contributed by atoms with Gasteiger partial charge >= 0.3 is 0 Å². The summed E-state index contributed by atoms with van der Waals surface area (Å²) in [6.45, 7) is 42.9. The summed E-state index contributed by atoms with van der Waals surface area (Å²) in [5, 5.41) is 2.65. The van der Waals surface area contributed by atoms with Crippen molar-refractivity contribution in [2.24, 2.45) is 0 Å². The normalized spacial score (nSPS) is 17.4. The fraction of sp³-hybridized carbons (Fsp3) is 0.368. The Bertz CT molecular complexity index is 3990. The first kappa shape index (κ1) is 53.7. The van der Waals surface area contributed by atoms with Crippen molar-refractivity contribution in [3.8, 4) is 0 Å². The largest absolute Gasteiger partial charge is 0.311 e. The Labute approximate surface area is 489 Å². The lowest BCUT2D eigenvalue weighted by Crippen LogP contribution is -2.61. The Balaban J connectivity index is 1.10. The predicted molar refractivity (Wildman–Crippen MR) is 355 cm³/mol. The molecule has 0 saturated heterocycles. The summed E-state index contributed by atoms with van der Waals surface area (Å²) in [6, 6.07) is 58.4. The van der Waals surface area contributed by atoms with E-state index < -0.39 is 0 Å². The molecular weight excluding hydrogens is 998 g/mol. The van der Waals surface area contributed by atoms with E-state index in [1.807, 2.05) is 11.3 Å². The molecule has 0 amide bonds. The number of hydrogen-bond acceptors (Lipinski definition) is 4. The van der Waals surface area contributed by atoms with Crippen LogP contribution in [0.15, 0.2) is 146 Å². The van der Waals surface area contributed by atoms with Crippen LogP contribution in [0.3, 0.4) is 0 Å². The Kier molecular flexibility index (Phi) is 11.8. The fourth-order valence-electron chi connectivity index (χ4n) is 15.0. The van der Waals surface area contributed by atoms with Crippen LogP contribution in [0.2, 0.25) is 0 Å². The van der Waals surface area contributed by atoms with Crippen LogP contribution in [-0.2, 0) is 37.9 Å². The number of benzene rings is 8. The molecular formula is C76H84BN3S. The lowest BCUT2D eigenvalue weighted by molar-refractivity contribution is 0.332. The minimum atomic E-state index is -0.0190. The molecule has 0 fully saturated rings. The minimum Gasteiger partial charge on any atom is -0.311 e. The number of anilines is 9. The van der Waals surface area contributed by atoms with Gasteiger partial charge in [0.1, 0.15) is 0 Å². The highest BCUT2D eigenvalue weighted by Gasteiger charge is 2.49. The van der Waals surface area contributed by atoms with Crippen LogP contribution in [0.1, 0.15) is 181 Å². The summed E-state index contributed by atoms with van der Waals surface area (Å²) in [5.74, 6) is 0. The Hall–Kier alpha value is -6.56. The van der Waals surface area contributed by atoms with Crippen LogP contribution in [0, 0.1) is 6.92 Å². The van der Waals surface area contributed by atoms with Gasteiger partial charge in [-0.05, 0) is 210 Å². The van der Waals surface area contributed by atoms with Crippen LogP contribution in [0.25, 0.3) is 20.2 Å². The number of aryl methyl sites for hydroxylation is 1. The number of fused-ring (bicyclic) bond motifs is 9. The average molecular weight is 1080 g/mol. The highest BCUT2D eigenvalue weighted by Crippen LogP contribution is 2.55. The smallest absolute Gasteiger partial charge is 0.252 e. The molecule has 0 radical (unpaired) electrons. The van der Waals surface area contributed by atoms with Gasteiger partial charge in [0.15, 0.2) is 0 Å². The second-order valence-electron chi connectivity index (χ2n) is 30.6. The summed E-state index contributed by atoms with van der Waals surface area (Å²) < 4.78 is 2.65. The third kappa shape index (κ3) is 8.63. The molecule has 2 aliphatic heterocycles. The predicted octanol–water partition coefficient (Wildman–Crippen LogP) is 20.1. The number of thiophene rings is 1. The zero-order valence-electron chi connectivity index (χ0n) is 51.8. The van der Waals surface area contributed by atoms with Crippen LogP contribution in [0.4, 0.5) is 51.2 Å². The van der Waals surface area contributed by atoms with Crippen molar-refractivity contribution in [2.75, 3.05) is 14.7 Å². The van der Waals surface area contributed by atoms with Crippen molar-refractivity contribution in [1.82, 2.24) is 0 Å². The van der Waals surface area contributed by atoms with Gasteiger partial charge in [0, 0.05) is 71.4 Å². The Morgan fingerprint density at radius 2 is 0.864 bits per heavy atom. The third-order valence-electron chi connectivity index (χ3n) is 19.6.